The Bertz CT molecular complexity index is 516. The third kappa shape index (κ3) is 2.22. The van der Waals surface area contributed by atoms with Crippen molar-refractivity contribution in [2.24, 2.45) is 0 Å². The second kappa shape index (κ2) is 4.09. The first-order chi connectivity index (χ1) is 7.65. The molecule has 0 aliphatic rings. The number of nitrogens with zero attached hydrogens (tertiary/aromatic N) is 2. The van der Waals surface area contributed by atoms with Gasteiger partial charge in [0.1, 0.15) is 17.5 Å². The predicted octanol–water partition coefficient (Wildman–Crippen LogP) is 2.08. The van der Waals surface area contributed by atoms with Crippen molar-refractivity contribution < 1.29 is 8.78 Å². The van der Waals surface area contributed by atoms with E-state index in [2.05, 4.69) is 15.3 Å². The van der Waals surface area contributed by atoms with Gasteiger partial charge in [0.15, 0.2) is 0 Å². The Morgan fingerprint density at radius 2 is 2.00 bits per heavy atom. The highest BCUT2D eigenvalue weighted by Gasteiger charge is 2.04. The molecule has 2 rings (SSSR count). The molecule has 4 nitrogen and oxygen atoms in total. The van der Waals surface area contributed by atoms with Gasteiger partial charge in [-0.3, -0.25) is 0 Å². The van der Waals surface area contributed by atoms with Crippen molar-refractivity contribution in [2.45, 2.75) is 0 Å². The lowest BCUT2D eigenvalue weighted by Gasteiger charge is -2.06. The first-order valence-electron chi connectivity index (χ1n) is 4.46. The Labute approximate surface area is 90.1 Å². The Balaban J connectivity index is 2.27. The lowest BCUT2D eigenvalue weighted by Crippen LogP contribution is -2.00. The van der Waals surface area contributed by atoms with Crippen LogP contribution >= 0.6 is 0 Å². The Morgan fingerprint density at radius 3 is 2.69 bits per heavy atom. The molecule has 2 aromatic rings. The minimum atomic E-state index is -0.697. The molecule has 16 heavy (non-hydrogen) atoms. The fourth-order valence-electron chi connectivity index (χ4n) is 1.17. The van der Waals surface area contributed by atoms with Gasteiger partial charge in [0, 0.05) is 12.3 Å². The molecule has 6 heteroatoms. The first-order valence-corrected chi connectivity index (χ1v) is 4.46. The minimum absolute atomic E-state index is 0.0764. The highest BCUT2D eigenvalue weighted by molar-refractivity contribution is 5.57. The van der Waals surface area contributed by atoms with Gasteiger partial charge in [-0.25, -0.2) is 13.8 Å². The molecule has 0 radical (unpaired) electrons. The Morgan fingerprint density at radius 1 is 1.19 bits per heavy atom. The van der Waals surface area contributed by atoms with Gasteiger partial charge >= 0.3 is 0 Å². The van der Waals surface area contributed by atoms with Crippen LogP contribution in [0.3, 0.4) is 0 Å². The molecule has 82 valence electrons. The second-order valence-electron chi connectivity index (χ2n) is 3.05. The van der Waals surface area contributed by atoms with E-state index in [9.17, 15) is 8.78 Å². The van der Waals surface area contributed by atoms with Gasteiger partial charge in [-0.05, 0) is 18.2 Å². The number of benzene rings is 1. The highest BCUT2D eigenvalue weighted by atomic mass is 19.1. The minimum Gasteiger partial charge on any atom is -0.368 e. The molecule has 0 saturated heterocycles. The maximum atomic E-state index is 13.3. The van der Waals surface area contributed by atoms with Gasteiger partial charge < -0.3 is 11.1 Å². The van der Waals surface area contributed by atoms with E-state index in [1.807, 2.05) is 0 Å². The quantitative estimate of drug-likeness (QED) is 0.816. The topological polar surface area (TPSA) is 63.8 Å². The van der Waals surface area contributed by atoms with Crippen LogP contribution < -0.4 is 11.1 Å². The lowest BCUT2D eigenvalue weighted by atomic mass is 10.3. The van der Waals surface area contributed by atoms with Gasteiger partial charge in [-0.1, -0.05) is 0 Å². The van der Waals surface area contributed by atoms with Gasteiger partial charge in [-0.2, -0.15) is 4.98 Å². The molecule has 0 bridgehead atoms. The standard InChI is InChI=1S/C10H8F2N4/c11-6-1-2-8(7(12)5-6)15-9-3-4-14-10(13)16-9/h1-5H,(H3,13,14,15,16). The average Bonchev–Trinajstić information content (AvgIpc) is 2.22. The number of nitrogens with two attached hydrogens (primary N) is 1. The fourth-order valence-corrected chi connectivity index (χ4v) is 1.17. The average molecular weight is 222 g/mol. The van der Waals surface area contributed by atoms with Crippen molar-refractivity contribution in [1.82, 2.24) is 9.97 Å². The van der Waals surface area contributed by atoms with Gasteiger partial charge in [0.2, 0.25) is 5.95 Å². The van der Waals surface area contributed by atoms with Crippen molar-refractivity contribution in [1.29, 1.82) is 0 Å². The number of rotatable bonds is 2. The largest absolute Gasteiger partial charge is 0.368 e. The maximum Gasteiger partial charge on any atom is 0.221 e. The molecular formula is C10H8F2N4. The zero-order chi connectivity index (χ0) is 11.5. The van der Waals surface area contributed by atoms with Crippen LogP contribution in [0.5, 0.6) is 0 Å². The Kier molecular flexibility index (Phi) is 2.63. The van der Waals surface area contributed by atoms with E-state index in [-0.39, 0.29) is 11.6 Å². The second-order valence-corrected chi connectivity index (χ2v) is 3.05. The summed E-state index contributed by atoms with van der Waals surface area (Å²) in [6.45, 7) is 0. The molecule has 1 heterocycles. The number of nitrogen functional groups attached to an aromatic ring is 1. The SMILES string of the molecule is Nc1nccc(Nc2ccc(F)cc2F)n1. The Hall–Kier alpha value is -2.24. The van der Waals surface area contributed by atoms with Gasteiger partial charge in [0.05, 0.1) is 5.69 Å². The zero-order valence-electron chi connectivity index (χ0n) is 8.11. The van der Waals surface area contributed by atoms with E-state index in [4.69, 9.17) is 5.73 Å². The molecule has 0 fully saturated rings. The van der Waals surface area contributed by atoms with E-state index in [0.29, 0.717) is 5.82 Å². The molecule has 0 amide bonds. The summed E-state index contributed by atoms with van der Waals surface area (Å²) in [4.78, 5) is 7.52. The van der Waals surface area contributed by atoms with Gasteiger partial charge in [-0.15, -0.1) is 0 Å². The molecule has 0 aliphatic heterocycles. The summed E-state index contributed by atoms with van der Waals surface area (Å²) in [6, 6.07) is 4.74. The van der Waals surface area contributed by atoms with Gasteiger partial charge in [0.25, 0.3) is 0 Å². The predicted molar refractivity (Wildman–Crippen MR) is 56.1 cm³/mol. The van der Waals surface area contributed by atoms with Crippen molar-refractivity contribution in [2.75, 3.05) is 11.1 Å². The molecule has 0 aliphatic carbocycles. The van der Waals surface area contributed by atoms with Crippen LogP contribution in [0.4, 0.5) is 26.2 Å². The number of hydrogen-bond donors (Lipinski definition) is 2. The first kappa shape index (κ1) is 10.3. The van der Waals surface area contributed by atoms with Crippen LogP contribution in [0.25, 0.3) is 0 Å². The number of nitrogens with one attached hydrogen (secondary N) is 1. The van der Waals surface area contributed by atoms with E-state index in [0.717, 1.165) is 12.1 Å². The number of halogens is 2. The third-order valence-corrected chi connectivity index (χ3v) is 1.87. The fraction of sp³-hybridized carbons (Fsp3) is 0. The van der Waals surface area contributed by atoms with Crippen molar-refractivity contribution in [3.05, 3.63) is 42.1 Å². The van der Waals surface area contributed by atoms with Crippen LogP contribution in [0.1, 0.15) is 0 Å². The summed E-state index contributed by atoms with van der Waals surface area (Å²) >= 11 is 0. The number of anilines is 3. The normalized spacial score (nSPS) is 10.1. The summed E-state index contributed by atoms with van der Waals surface area (Å²) in [7, 11) is 0. The van der Waals surface area contributed by atoms with E-state index in [1.165, 1.54) is 18.3 Å². The van der Waals surface area contributed by atoms with E-state index < -0.39 is 11.6 Å². The molecule has 1 aromatic heterocycles. The smallest absolute Gasteiger partial charge is 0.221 e. The van der Waals surface area contributed by atoms with Crippen molar-refractivity contribution >= 4 is 17.5 Å². The van der Waals surface area contributed by atoms with Crippen LogP contribution in [0.2, 0.25) is 0 Å². The summed E-state index contributed by atoms with van der Waals surface area (Å²) in [6.07, 6.45) is 1.44. The van der Waals surface area contributed by atoms with Crippen molar-refractivity contribution in [3.8, 4) is 0 Å². The summed E-state index contributed by atoms with van der Waals surface area (Å²) in [5.74, 6) is -0.909. The molecule has 0 atom stereocenters. The summed E-state index contributed by atoms with van der Waals surface area (Å²) in [5.41, 5.74) is 5.48. The zero-order valence-corrected chi connectivity index (χ0v) is 8.11. The van der Waals surface area contributed by atoms with Crippen LogP contribution in [-0.4, -0.2) is 9.97 Å². The van der Waals surface area contributed by atoms with Crippen LogP contribution in [-0.2, 0) is 0 Å². The monoisotopic (exact) mass is 222 g/mol. The molecule has 0 saturated carbocycles. The highest BCUT2D eigenvalue weighted by Crippen LogP contribution is 2.19. The third-order valence-electron chi connectivity index (χ3n) is 1.87. The number of aromatic nitrogens is 2. The summed E-state index contributed by atoms with van der Waals surface area (Å²) in [5, 5.41) is 2.67. The lowest BCUT2D eigenvalue weighted by molar-refractivity contribution is 0.586. The van der Waals surface area contributed by atoms with E-state index in [1.54, 1.807) is 0 Å². The molecule has 0 spiro atoms. The van der Waals surface area contributed by atoms with Crippen LogP contribution in [0.15, 0.2) is 30.5 Å². The molecule has 0 unspecified atom stereocenters. The van der Waals surface area contributed by atoms with Crippen molar-refractivity contribution in [3.63, 3.8) is 0 Å². The molecule has 3 N–H and O–H groups in total. The maximum absolute atomic E-state index is 13.3. The summed E-state index contributed by atoms with van der Waals surface area (Å²) < 4.78 is 25.9. The van der Waals surface area contributed by atoms with E-state index >= 15 is 0 Å². The molecular weight excluding hydrogens is 214 g/mol. The number of hydrogen-bond acceptors (Lipinski definition) is 4. The van der Waals surface area contributed by atoms with Crippen LogP contribution in [0, 0.1) is 11.6 Å². The molecule has 1 aromatic carbocycles.